The predicted molar refractivity (Wildman–Crippen MR) is 64.4 cm³/mol. The summed E-state index contributed by atoms with van der Waals surface area (Å²) in [7, 11) is 0. The van der Waals surface area contributed by atoms with E-state index in [0.717, 1.165) is 5.56 Å². The molecule has 1 unspecified atom stereocenters. The molecular weight excluding hydrogens is 200 g/mol. The van der Waals surface area contributed by atoms with Gasteiger partial charge in [0, 0.05) is 6.42 Å². The molecule has 0 amide bonds. The highest BCUT2D eigenvalue weighted by molar-refractivity contribution is 5.93. The molecule has 0 spiro atoms. The summed E-state index contributed by atoms with van der Waals surface area (Å²) in [6.07, 6.45) is 0.953. The maximum Gasteiger partial charge on any atom is 0.140 e. The van der Waals surface area contributed by atoms with Crippen molar-refractivity contribution in [2.24, 2.45) is 0 Å². The number of hydrogen-bond acceptors (Lipinski definition) is 2. The highest BCUT2D eigenvalue weighted by Crippen LogP contribution is 2.33. The lowest BCUT2D eigenvalue weighted by Crippen LogP contribution is -2.35. The minimum absolute atomic E-state index is 0.0564. The van der Waals surface area contributed by atoms with Gasteiger partial charge in [0.25, 0.3) is 0 Å². The number of carbonyl (C=O) groups is 2. The van der Waals surface area contributed by atoms with Gasteiger partial charge in [-0.3, -0.25) is 9.59 Å². The number of ketones is 2. The molecule has 0 radical (unpaired) electrons. The zero-order valence-corrected chi connectivity index (χ0v) is 10.1. The van der Waals surface area contributed by atoms with E-state index >= 15 is 0 Å². The maximum absolute atomic E-state index is 11.9. The third-order valence-electron chi connectivity index (χ3n) is 3.15. The third kappa shape index (κ3) is 2.38. The van der Waals surface area contributed by atoms with Gasteiger partial charge in [-0.15, -0.1) is 0 Å². The fourth-order valence-corrected chi connectivity index (χ4v) is 2.19. The molecule has 0 aromatic heterocycles. The van der Waals surface area contributed by atoms with Gasteiger partial charge in [0.15, 0.2) is 0 Å². The van der Waals surface area contributed by atoms with Gasteiger partial charge in [0.2, 0.25) is 0 Å². The smallest absolute Gasteiger partial charge is 0.140 e. The van der Waals surface area contributed by atoms with Crippen LogP contribution in [-0.2, 0) is 15.0 Å². The molecule has 0 aliphatic carbocycles. The topological polar surface area (TPSA) is 34.1 Å². The molecule has 0 fully saturated rings. The third-order valence-corrected chi connectivity index (χ3v) is 3.15. The molecule has 86 valence electrons. The van der Waals surface area contributed by atoms with Gasteiger partial charge in [0.05, 0.1) is 5.41 Å². The van der Waals surface area contributed by atoms with Gasteiger partial charge in [-0.2, -0.15) is 0 Å². The Morgan fingerprint density at radius 1 is 1.12 bits per heavy atom. The summed E-state index contributed by atoms with van der Waals surface area (Å²) in [4.78, 5) is 23.2. The summed E-state index contributed by atoms with van der Waals surface area (Å²) in [5, 5.41) is 0. The van der Waals surface area contributed by atoms with E-state index in [9.17, 15) is 9.59 Å². The van der Waals surface area contributed by atoms with Crippen molar-refractivity contribution in [3.63, 3.8) is 0 Å². The van der Waals surface area contributed by atoms with Crippen LogP contribution < -0.4 is 0 Å². The Bertz CT molecular complexity index is 381. The second-order valence-corrected chi connectivity index (χ2v) is 4.24. The van der Waals surface area contributed by atoms with Crippen LogP contribution in [0.15, 0.2) is 30.3 Å². The number of carbonyl (C=O) groups excluding carboxylic acids is 2. The van der Waals surface area contributed by atoms with Crippen LogP contribution >= 0.6 is 0 Å². The van der Waals surface area contributed by atoms with Crippen LogP contribution in [0.2, 0.25) is 0 Å². The first-order valence-electron chi connectivity index (χ1n) is 5.59. The molecule has 0 saturated carbocycles. The van der Waals surface area contributed by atoms with Crippen LogP contribution in [0.1, 0.15) is 39.2 Å². The van der Waals surface area contributed by atoms with Crippen LogP contribution in [-0.4, -0.2) is 11.6 Å². The molecular formula is C14H18O2. The summed E-state index contributed by atoms with van der Waals surface area (Å²) in [6.45, 7) is 5.06. The van der Waals surface area contributed by atoms with Crippen LogP contribution in [0, 0.1) is 0 Å². The SMILES string of the molecule is CCC(CC(C)=O)(C(C)=O)c1ccccc1. The Kier molecular flexibility index (Phi) is 3.99. The van der Waals surface area contributed by atoms with E-state index in [0.29, 0.717) is 12.8 Å². The fraction of sp³-hybridized carbons (Fsp3) is 0.429. The summed E-state index contributed by atoms with van der Waals surface area (Å²) in [5.41, 5.74) is 0.313. The highest BCUT2D eigenvalue weighted by atomic mass is 16.1. The summed E-state index contributed by atoms with van der Waals surface area (Å²) in [6, 6.07) is 9.57. The minimum Gasteiger partial charge on any atom is -0.300 e. The molecule has 0 aliphatic rings. The molecule has 0 saturated heterocycles. The van der Waals surface area contributed by atoms with Crippen LogP contribution in [0.3, 0.4) is 0 Å². The van der Waals surface area contributed by atoms with Crippen molar-refractivity contribution in [3.8, 4) is 0 Å². The van der Waals surface area contributed by atoms with Crippen molar-refractivity contribution in [3.05, 3.63) is 35.9 Å². The minimum atomic E-state index is -0.632. The number of hydrogen-bond donors (Lipinski definition) is 0. The van der Waals surface area contributed by atoms with E-state index in [2.05, 4.69) is 0 Å². The molecule has 1 atom stereocenters. The molecule has 0 N–H and O–H groups in total. The molecule has 0 bridgehead atoms. The van der Waals surface area contributed by atoms with Gasteiger partial charge < -0.3 is 0 Å². The quantitative estimate of drug-likeness (QED) is 0.761. The first-order valence-corrected chi connectivity index (χ1v) is 5.59. The Balaban J connectivity index is 3.23. The second kappa shape index (κ2) is 5.06. The standard InChI is InChI=1S/C14H18O2/c1-4-14(12(3)16,10-11(2)15)13-8-6-5-7-9-13/h5-9H,4,10H2,1-3H3. The summed E-state index contributed by atoms with van der Waals surface area (Å²) < 4.78 is 0. The molecule has 1 aromatic rings. The van der Waals surface area contributed by atoms with Gasteiger partial charge in [-0.1, -0.05) is 37.3 Å². The van der Waals surface area contributed by atoms with Crippen molar-refractivity contribution in [2.75, 3.05) is 0 Å². The van der Waals surface area contributed by atoms with Crippen molar-refractivity contribution < 1.29 is 9.59 Å². The van der Waals surface area contributed by atoms with E-state index in [4.69, 9.17) is 0 Å². The van der Waals surface area contributed by atoms with Crippen LogP contribution in [0.4, 0.5) is 0 Å². The normalized spacial score (nSPS) is 14.2. The molecule has 2 heteroatoms. The van der Waals surface area contributed by atoms with E-state index in [1.807, 2.05) is 37.3 Å². The van der Waals surface area contributed by atoms with E-state index in [-0.39, 0.29) is 11.6 Å². The van der Waals surface area contributed by atoms with Crippen LogP contribution in [0.5, 0.6) is 0 Å². The zero-order valence-electron chi connectivity index (χ0n) is 10.1. The predicted octanol–water partition coefficient (Wildman–Crippen LogP) is 2.90. The zero-order chi connectivity index (χ0) is 12.2. The molecule has 2 nitrogen and oxygen atoms in total. The van der Waals surface area contributed by atoms with Crippen molar-refractivity contribution in [1.82, 2.24) is 0 Å². The van der Waals surface area contributed by atoms with Crippen LogP contribution in [0.25, 0.3) is 0 Å². The monoisotopic (exact) mass is 218 g/mol. The lowest BCUT2D eigenvalue weighted by molar-refractivity contribution is -0.127. The summed E-state index contributed by atoms with van der Waals surface area (Å²) in [5.74, 6) is 0.123. The number of benzene rings is 1. The van der Waals surface area contributed by atoms with E-state index in [1.54, 1.807) is 6.92 Å². The molecule has 16 heavy (non-hydrogen) atoms. The summed E-state index contributed by atoms with van der Waals surface area (Å²) >= 11 is 0. The lowest BCUT2D eigenvalue weighted by Gasteiger charge is -2.29. The first-order chi connectivity index (χ1) is 7.53. The largest absolute Gasteiger partial charge is 0.300 e. The fourth-order valence-electron chi connectivity index (χ4n) is 2.19. The maximum atomic E-state index is 11.9. The molecule has 0 aliphatic heterocycles. The first kappa shape index (κ1) is 12.6. The van der Waals surface area contributed by atoms with Crippen molar-refractivity contribution in [1.29, 1.82) is 0 Å². The van der Waals surface area contributed by atoms with Gasteiger partial charge in [0.1, 0.15) is 11.6 Å². The van der Waals surface area contributed by atoms with Gasteiger partial charge in [-0.05, 0) is 25.8 Å². The lowest BCUT2D eigenvalue weighted by atomic mass is 9.71. The Morgan fingerprint density at radius 3 is 2.06 bits per heavy atom. The average Bonchev–Trinajstić information content (AvgIpc) is 2.26. The number of Topliss-reactive ketones (excluding diaryl/α,β-unsaturated/α-hetero) is 2. The van der Waals surface area contributed by atoms with Gasteiger partial charge >= 0.3 is 0 Å². The highest BCUT2D eigenvalue weighted by Gasteiger charge is 2.36. The van der Waals surface area contributed by atoms with Crippen molar-refractivity contribution >= 4 is 11.6 Å². The van der Waals surface area contributed by atoms with Crippen molar-refractivity contribution in [2.45, 2.75) is 39.0 Å². The Hall–Kier alpha value is -1.44. The van der Waals surface area contributed by atoms with Gasteiger partial charge in [-0.25, -0.2) is 0 Å². The van der Waals surface area contributed by atoms with E-state index in [1.165, 1.54) is 6.92 Å². The Morgan fingerprint density at radius 2 is 1.69 bits per heavy atom. The average molecular weight is 218 g/mol. The number of rotatable bonds is 5. The molecule has 1 rings (SSSR count). The molecule has 1 aromatic carbocycles. The second-order valence-electron chi connectivity index (χ2n) is 4.24. The molecule has 0 heterocycles. The van der Waals surface area contributed by atoms with E-state index < -0.39 is 5.41 Å². The Labute approximate surface area is 96.7 Å².